The number of hydrogen-bond acceptors (Lipinski definition) is 4. The van der Waals surface area contributed by atoms with Crippen LogP contribution in [0.2, 0.25) is 0 Å². The van der Waals surface area contributed by atoms with E-state index in [9.17, 15) is 14.4 Å². The third-order valence-corrected chi connectivity index (χ3v) is 8.13. The fraction of sp³-hybridized carbons (Fsp3) is 0.625. The zero-order valence-electron chi connectivity index (χ0n) is 19.1. The number of amides is 4. The Bertz CT molecular complexity index is 814. The molecule has 1 aromatic rings. The first-order valence-electron chi connectivity index (χ1n) is 11.3. The van der Waals surface area contributed by atoms with Crippen molar-refractivity contribution in [3.8, 4) is 0 Å². The number of nitrogens with zero attached hydrogens (tertiary/aromatic N) is 1. The molecule has 2 fully saturated rings. The molecule has 2 N–H and O–H groups in total. The van der Waals surface area contributed by atoms with E-state index in [1.54, 1.807) is 11.8 Å². The molecule has 1 saturated carbocycles. The number of nitrogens with one attached hydrogen (secondary N) is 2. The maximum absolute atomic E-state index is 13.1. The lowest BCUT2D eigenvalue weighted by Gasteiger charge is -2.42. The Hall–Kier alpha value is -2.02. The Labute approximate surface area is 189 Å². The number of aryl methyl sites for hydroxylation is 1. The molecule has 1 aliphatic heterocycles. The quantitative estimate of drug-likeness (QED) is 0.358. The fourth-order valence-corrected chi connectivity index (χ4v) is 5.30. The lowest BCUT2D eigenvalue weighted by molar-refractivity contribution is -0.136. The molecule has 6 nitrogen and oxygen atoms in total. The van der Waals surface area contributed by atoms with Crippen LogP contribution in [-0.4, -0.2) is 47.1 Å². The van der Waals surface area contributed by atoms with E-state index >= 15 is 0 Å². The summed E-state index contributed by atoms with van der Waals surface area (Å²) in [6.07, 6.45) is 4.24. The van der Waals surface area contributed by atoms with Crippen LogP contribution >= 0.6 is 11.8 Å². The molecule has 31 heavy (non-hydrogen) atoms. The van der Waals surface area contributed by atoms with Crippen LogP contribution in [0.25, 0.3) is 0 Å². The summed E-state index contributed by atoms with van der Waals surface area (Å²) < 4.78 is 0. The van der Waals surface area contributed by atoms with Gasteiger partial charge in [0.25, 0.3) is 5.91 Å². The van der Waals surface area contributed by atoms with Crippen LogP contribution in [0.15, 0.2) is 29.2 Å². The number of rotatable bonds is 8. The van der Waals surface area contributed by atoms with Crippen molar-refractivity contribution in [1.29, 1.82) is 0 Å². The normalized spacial score (nSPS) is 23.9. The third kappa shape index (κ3) is 5.43. The van der Waals surface area contributed by atoms with Crippen molar-refractivity contribution in [2.45, 2.75) is 70.2 Å². The minimum absolute atomic E-state index is 0.217. The SMILES string of the molecule is CCC(C)(C)C1CCC2(CC1)NC(=O)N(CC(=O)NCCSc1ccc(C)cc1)C2=O. The van der Waals surface area contributed by atoms with Gasteiger partial charge in [0.1, 0.15) is 12.1 Å². The number of carbonyl (C=O) groups is 3. The van der Waals surface area contributed by atoms with Crippen molar-refractivity contribution in [3.63, 3.8) is 0 Å². The molecule has 0 radical (unpaired) electrons. The standard InChI is InChI=1S/C24H35N3O3S/c1-5-23(3,4)18-10-12-24(13-11-18)21(29)27(22(30)26-24)16-20(28)25-14-15-31-19-8-6-17(2)7-9-19/h6-9,18H,5,10-16H2,1-4H3,(H,25,28)(H,26,30). The molecular formula is C24H35N3O3S. The van der Waals surface area contributed by atoms with Gasteiger partial charge in [0, 0.05) is 17.2 Å². The number of benzene rings is 1. The number of carbonyl (C=O) groups excluding carboxylic acids is 3. The van der Waals surface area contributed by atoms with Gasteiger partial charge in [0.05, 0.1) is 0 Å². The molecule has 0 bridgehead atoms. The van der Waals surface area contributed by atoms with Crippen LogP contribution in [-0.2, 0) is 9.59 Å². The number of urea groups is 1. The van der Waals surface area contributed by atoms with E-state index in [0.717, 1.165) is 34.8 Å². The molecule has 7 heteroatoms. The van der Waals surface area contributed by atoms with E-state index in [0.29, 0.717) is 25.3 Å². The summed E-state index contributed by atoms with van der Waals surface area (Å²) in [6, 6.07) is 7.80. The van der Waals surface area contributed by atoms with Gasteiger partial charge in [-0.25, -0.2) is 4.79 Å². The summed E-state index contributed by atoms with van der Waals surface area (Å²) in [4.78, 5) is 40.1. The smallest absolute Gasteiger partial charge is 0.325 e. The molecule has 170 valence electrons. The summed E-state index contributed by atoms with van der Waals surface area (Å²) in [5.41, 5.74) is 0.633. The number of hydrogen-bond donors (Lipinski definition) is 2. The van der Waals surface area contributed by atoms with Gasteiger partial charge < -0.3 is 10.6 Å². The number of imide groups is 1. The summed E-state index contributed by atoms with van der Waals surface area (Å²) in [5, 5.41) is 5.74. The zero-order valence-corrected chi connectivity index (χ0v) is 19.9. The topological polar surface area (TPSA) is 78.5 Å². The molecular weight excluding hydrogens is 410 g/mol. The van der Waals surface area contributed by atoms with E-state index in [1.807, 2.05) is 6.92 Å². The average molecular weight is 446 g/mol. The molecule has 0 unspecified atom stereocenters. The highest BCUT2D eigenvalue weighted by Gasteiger charge is 2.53. The molecule has 3 rings (SSSR count). The highest BCUT2D eigenvalue weighted by atomic mass is 32.2. The minimum atomic E-state index is -0.820. The van der Waals surface area contributed by atoms with Crippen LogP contribution in [0.5, 0.6) is 0 Å². The van der Waals surface area contributed by atoms with E-state index in [2.05, 4.69) is 55.7 Å². The van der Waals surface area contributed by atoms with Crippen LogP contribution in [0.3, 0.4) is 0 Å². The molecule has 1 saturated heterocycles. The van der Waals surface area contributed by atoms with Crippen LogP contribution in [0.1, 0.15) is 58.4 Å². The van der Waals surface area contributed by atoms with Crippen molar-refractivity contribution in [3.05, 3.63) is 29.8 Å². The Balaban J connectivity index is 1.46. The second-order valence-electron chi connectivity index (χ2n) is 9.53. The Morgan fingerprint density at radius 3 is 2.48 bits per heavy atom. The molecule has 0 atom stereocenters. The van der Waals surface area contributed by atoms with Crippen LogP contribution in [0.4, 0.5) is 4.79 Å². The summed E-state index contributed by atoms with van der Waals surface area (Å²) in [6.45, 7) is 9.07. The lowest BCUT2D eigenvalue weighted by atomic mass is 9.65. The van der Waals surface area contributed by atoms with Gasteiger partial charge in [0.2, 0.25) is 5.91 Å². The van der Waals surface area contributed by atoms with Crippen molar-refractivity contribution < 1.29 is 14.4 Å². The van der Waals surface area contributed by atoms with Gasteiger partial charge in [-0.2, -0.15) is 0 Å². The first kappa shape index (κ1) is 23.6. The monoisotopic (exact) mass is 445 g/mol. The predicted molar refractivity (Wildman–Crippen MR) is 124 cm³/mol. The largest absolute Gasteiger partial charge is 0.354 e. The van der Waals surface area contributed by atoms with Crippen molar-refractivity contribution in [2.75, 3.05) is 18.8 Å². The average Bonchev–Trinajstić information content (AvgIpc) is 2.97. The Morgan fingerprint density at radius 2 is 1.87 bits per heavy atom. The molecule has 1 spiro atoms. The first-order valence-corrected chi connectivity index (χ1v) is 12.3. The highest BCUT2D eigenvalue weighted by molar-refractivity contribution is 7.99. The maximum atomic E-state index is 13.1. The van der Waals surface area contributed by atoms with E-state index in [4.69, 9.17) is 0 Å². The Morgan fingerprint density at radius 1 is 1.23 bits per heavy atom. The van der Waals surface area contributed by atoms with Gasteiger partial charge >= 0.3 is 6.03 Å². The van der Waals surface area contributed by atoms with Crippen LogP contribution < -0.4 is 10.6 Å². The van der Waals surface area contributed by atoms with E-state index in [1.165, 1.54) is 5.56 Å². The molecule has 4 amide bonds. The van der Waals surface area contributed by atoms with Crippen molar-refractivity contribution in [2.24, 2.45) is 11.3 Å². The summed E-state index contributed by atoms with van der Waals surface area (Å²) in [7, 11) is 0. The maximum Gasteiger partial charge on any atom is 0.325 e. The van der Waals surface area contributed by atoms with Gasteiger partial charge in [0.15, 0.2) is 0 Å². The molecule has 1 heterocycles. The first-order chi connectivity index (χ1) is 14.7. The van der Waals surface area contributed by atoms with Crippen LogP contribution in [0, 0.1) is 18.3 Å². The summed E-state index contributed by atoms with van der Waals surface area (Å²) >= 11 is 1.66. The minimum Gasteiger partial charge on any atom is -0.354 e. The Kier molecular flexibility index (Phi) is 7.35. The third-order valence-electron chi connectivity index (χ3n) is 7.12. The summed E-state index contributed by atoms with van der Waals surface area (Å²) in [5.74, 6) is 0.740. The van der Waals surface area contributed by atoms with Crippen molar-refractivity contribution in [1.82, 2.24) is 15.5 Å². The number of thioether (sulfide) groups is 1. The molecule has 2 aliphatic rings. The van der Waals surface area contributed by atoms with E-state index in [-0.39, 0.29) is 23.8 Å². The highest BCUT2D eigenvalue weighted by Crippen LogP contribution is 2.45. The van der Waals surface area contributed by atoms with Gasteiger partial charge in [-0.3, -0.25) is 14.5 Å². The second-order valence-corrected chi connectivity index (χ2v) is 10.7. The van der Waals surface area contributed by atoms with Gasteiger partial charge in [-0.1, -0.05) is 44.9 Å². The van der Waals surface area contributed by atoms with Gasteiger partial charge in [-0.15, -0.1) is 11.8 Å². The van der Waals surface area contributed by atoms with Crippen molar-refractivity contribution >= 4 is 29.6 Å². The predicted octanol–water partition coefficient (Wildman–Crippen LogP) is 4.12. The molecule has 1 aliphatic carbocycles. The zero-order chi connectivity index (χ0) is 22.6. The van der Waals surface area contributed by atoms with E-state index < -0.39 is 11.6 Å². The fourth-order valence-electron chi connectivity index (χ4n) is 4.53. The molecule has 1 aromatic carbocycles. The molecule has 0 aromatic heterocycles. The lowest BCUT2D eigenvalue weighted by Crippen LogP contribution is -2.51. The van der Waals surface area contributed by atoms with Gasteiger partial charge in [-0.05, 0) is 56.1 Å². The second kappa shape index (κ2) is 9.63.